The van der Waals surface area contributed by atoms with Crippen LogP contribution in [0.3, 0.4) is 0 Å². The topological polar surface area (TPSA) is 80.4 Å². The molecule has 0 aliphatic heterocycles. The summed E-state index contributed by atoms with van der Waals surface area (Å²) in [6.45, 7) is 0. The number of alkyl halides is 2. The van der Waals surface area contributed by atoms with Gasteiger partial charge in [0.25, 0.3) is 6.43 Å². The highest BCUT2D eigenvalue weighted by Gasteiger charge is 2.18. The number of nitrogens with two attached hydrogens (primary N) is 1. The molecule has 3 N–H and O–H groups in total. The Hall–Kier alpha value is -1.04. The van der Waals surface area contributed by atoms with E-state index in [1.807, 2.05) is 0 Å². The summed E-state index contributed by atoms with van der Waals surface area (Å²) in [6, 6.07) is -1.24. The van der Waals surface area contributed by atoms with Crippen LogP contribution in [0, 0.1) is 0 Å². The van der Waals surface area contributed by atoms with Gasteiger partial charge in [-0.25, -0.2) is 8.78 Å². The van der Waals surface area contributed by atoms with Gasteiger partial charge in [0.05, 0.1) is 0 Å². The first-order chi connectivity index (χ1) is 5.45. The number of carbonyl (C=O) groups excluding carboxylic acids is 1. The van der Waals surface area contributed by atoms with Crippen LogP contribution in [0.15, 0.2) is 0 Å². The number of carboxylic acids is 1. The van der Waals surface area contributed by atoms with E-state index in [0.29, 0.717) is 0 Å². The summed E-state index contributed by atoms with van der Waals surface area (Å²) in [5, 5.41) is 8.21. The van der Waals surface area contributed by atoms with Gasteiger partial charge in [-0.2, -0.15) is 0 Å². The van der Waals surface area contributed by atoms with Crippen molar-refractivity contribution in [2.24, 2.45) is 5.73 Å². The van der Waals surface area contributed by atoms with Gasteiger partial charge in [-0.3, -0.25) is 9.59 Å². The average Bonchev–Trinajstić information content (AvgIpc) is 1.98. The molecule has 0 heterocycles. The Kier molecular flexibility index (Phi) is 4.35. The second kappa shape index (κ2) is 4.76. The second-order valence-electron chi connectivity index (χ2n) is 2.25. The minimum atomic E-state index is -3.04. The van der Waals surface area contributed by atoms with Crippen LogP contribution in [0.1, 0.15) is 12.8 Å². The van der Waals surface area contributed by atoms with Crippen LogP contribution in [0.2, 0.25) is 0 Å². The highest BCUT2D eigenvalue weighted by molar-refractivity contribution is 5.82. The Bertz CT molecular complexity index is 184. The zero-order chi connectivity index (χ0) is 9.72. The van der Waals surface area contributed by atoms with Crippen molar-refractivity contribution in [1.29, 1.82) is 0 Å². The first-order valence-corrected chi connectivity index (χ1v) is 3.24. The molecule has 1 atom stereocenters. The SMILES string of the molecule is NC(CCC(=O)C(F)F)C(=O)O. The van der Waals surface area contributed by atoms with Gasteiger partial charge in [0.1, 0.15) is 6.04 Å². The lowest BCUT2D eigenvalue weighted by molar-refractivity contribution is -0.139. The zero-order valence-corrected chi connectivity index (χ0v) is 6.17. The molecule has 4 nitrogen and oxygen atoms in total. The summed E-state index contributed by atoms with van der Waals surface area (Å²) in [7, 11) is 0. The molecule has 0 radical (unpaired) electrons. The van der Waals surface area contributed by atoms with E-state index in [1.54, 1.807) is 0 Å². The lowest BCUT2D eigenvalue weighted by atomic mass is 10.1. The third-order valence-corrected chi connectivity index (χ3v) is 1.26. The predicted octanol–water partition coefficient (Wildman–Crippen LogP) is 0.0127. The summed E-state index contributed by atoms with van der Waals surface area (Å²) < 4.78 is 23.1. The van der Waals surface area contributed by atoms with E-state index in [1.165, 1.54) is 0 Å². The molecule has 0 aromatic rings. The van der Waals surface area contributed by atoms with Gasteiger partial charge in [-0.1, -0.05) is 0 Å². The minimum Gasteiger partial charge on any atom is -0.480 e. The van der Waals surface area contributed by atoms with Crippen LogP contribution in [-0.4, -0.2) is 29.3 Å². The zero-order valence-electron chi connectivity index (χ0n) is 6.17. The van der Waals surface area contributed by atoms with Crippen LogP contribution in [0.25, 0.3) is 0 Å². The molecule has 0 aliphatic rings. The Morgan fingerprint density at radius 3 is 2.25 bits per heavy atom. The van der Waals surface area contributed by atoms with E-state index >= 15 is 0 Å². The standard InChI is InChI=1S/C6H9F2NO3/c7-5(8)4(10)2-1-3(9)6(11)12/h3,5H,1-2,9H2,(H,11,12). The molecule has 0 rings (SSSR count). The van der Waals surface area contributed by atoms with E-state index in [0.717, 1.165) is 0 Å². The molecule has 0 spiro atoms. The number of Topliss-reactive ketones (excluding diaryl/α,β-unsaturated/α-hetero) is 1. The quantitative estimate of drug-likeness (QED) is 0.626. The predicted molar refractivity (Wildman–Crippen MR) is 35.9 cm³/mol. The molecule has 0 aromatic carbocycles. The lowest BCUT2D eigenvalue weighted by Gasteiger charge is -2.03. The Balaban J connectivity index is 3.69. The van der Waals surface area contributed by atoms with Crippen molar-refractivity contribution in [3.8, 4) is 0 Å². The fourth-order valence-electron chi connectivity index (χ4n) is 0.530. The number of carbonyl (C=O) groups is 2. The van der Waals surface area contributed by atoms with Gasteiger partial charge in [-0.15, -0.1) is 0 Å². The Morgan fingerprint density at radius 1 is 1.42 bits per heavy atom. The van der Waals surface area contributed by atoms with Crippen molar-refractivity contribution in [2.45, 2.75) is 25.3 Å². The van der Waals surface area contributed by atoms with Gasteiger partial charge >= 0.3 is 5.97 Å². The lowest BCUT2D eigenvalue weighted by Crippen LogP contribution is -2.31. The molecule has 0 bridgehead atoms. The van der Waals surface area contributed by atoms with Crippen molar-refractivity contribution in [3.63, 3.8) is 0 Å². The molecule has 0 amide bonds. The number of hydrogen-bond acceptors (Lipinski definition) is 3. The molecule has 0 saturated heterocycles. The Labute approximate surface area is 67.4 Å². The van der Waals surface area contributed by atoms with E-state index in [-0.39, 0.29) is 6.42 Å². The third kappa shape index (κ3) is 3.97. The van der Waals surface area contributed by atoms with Gasteiger partial charge in [0.2, 0.25) is 0 Å². The number of hydrogen-bond donors (Lipinski definition) is 2. The van der Waals surface area contributed by atoms with Gasteiger partial charge in [-0.05, 0) is 6.42 Å². The molecule has 0 saturated carbocycles. The van der Waals surface area contributed by atoms with Crippen molar-refractivity contribution in [1.82, 2.24) is 0 Å². The first-order valence-electron chi connectivity index (χ1n) is 3.24. The molecule has 1 unspecified atom stereocenters. The maximum absolute atomic E-state index is 11.5. The molecular formula is C6H9F2NO3. The summed E-state index contributed by atoms with van der Waals surface area (Å²) in [6.07, 6.45) is -3.78. The largest absolute Gasteiger partial charge is 0.480 e. The summed E-state index contributed by atoms with van der Waals surface area (Å²) in [5.74, 6) is -2.57. The van der Waals surface area contributed by atoms with Crippen LogP contribution in [0.5, 0.6) is 0 Å². The molecule has 0 aromatic heterocycles. The number of carboxylic acid groups (broad SMARTS) is 1. The summed E-state index contributed by atoms with van der Waals surface area (Å²) in [5.41, 5.74) is 4.97. The highest BCUT2D eigenvalue weighted by atomic mass is 19.3. The maximum Gasteiger partial charge on any atom is 0.320 e. The van der Waals surface area contributed by atoms with Crippen LogP contribution in [0.4, 0.5) is 8.78 Å². The van der Waals surface area contributed by atoms with E-state index in [4.69, 9.17) is 10.8 Å². The molecular weight excluding hydrogens is 172 g/mol. The summed E-state index contributed by atoms with van der Waals surface area (Å²) in [4.78, 5) is 20.3. The average molecular weight is 181 g/mol. The van der Waals surface area contributed by atoms with E-state index in [2.05, 4.69) is 0 Å². The first kappa shape index (κ1) is 11.0. The van der Waals surface area contributed by atoms with Gasteiger partial charge in [0.15, 0.2) is 5.78 Å². The van der Waals surface area contributed by atoms with Crippen LogP contribution < -0.4 is 5.73 Å². The fourth-order valence-corrected chi connectivity index (χ4v) is 0.530. The maximum atomic E-state index is 11.5. The molecule has 12 heavy (non-hydrogen) atoms. The number of ketones is 1. The van der Waals surface area contributed by atoms with Crippen molar-refractivity contribution in [3.05, 3.63) is 0 Å². The van der Waals surface area contributed by atoms with Crippen LogP contribution >= 0.6 is 0 Å². The third-order valence-electron chi connectivity index (χ3n) is 1.26. The van der Waals surface area contributed by atoms with Crippen molar-refractivity contribution < 1.29 is 23.5 Å². The van der Waals surface area contributed by atoms with E-state index < -0.39 is 30.6 Å². The van der Waals surface area contributed by atoms with Gasteiger partial charge < -0.3 is 10.8 Å². The van der Waals surface area contributed by atoms with Crippen LogP contribution in [-0.2, 0) is 9.59 Å². The molecule has 6 heteroatoms. The number of aliphatic carboxylic acids is 1. The summed E-state index contributed by atoms with van der Waals surface area (Å²) >= 11 is 0. The smallest absolute Gasteiger partial charge is 0.320 e. The Morgan fingerprint density at radius 2 is 1.92 bits per heavy atom. The normalized spacial score (nSPS) is 13.0. The highest BCUT2D eigenvalue weighted by Crippen LogP contribution is 2.03. The monoisotopic (exact) mass is 181 g/mol. The second-order valence-corrected chi connectivity index (χ2v) is 2.25. The molecule has 70 valence electrons. The number of rotatable bonds is 5. The van der Waals surface area contributed by atoms with Gasteiger partial charge in [0, 0.05) is 6.42 Å². The molecule has 0 fully saturated rings. The number of halogens is 2. The fraction of sp³-hybridized carbons (Fsp3) is 0.667. The van der Waals surface area contributed by atoms with Crippen molar-refractivity contribution in [2.75, 3.05) is 0 Å². The van der Waals surface area contributed by atoms with E-state index in [9.17, 15) is 18.4 Å². The molecule has 0 aliphatic carbocycles. The minimum absolute atomic E-state index is 0.251. The van der Waals surface area contributed by atoms with Crippen molar-refractivity contribution >= 4 is 11.8 Å².